The molecule has 2 heterocycles. The van der Waals surface area contributed by atoms with E-state index in [0.717, 1.165) is 22.3 Å². The lowest BCUT2D eigenvalue weighted by atomic mass is 9.81. The van der Waals surface area contributed by atoms with E-state index in [1.807, 2.05) is 64.1 Å². The lowest BCUT2D eigenvalue weighted by Crippen LogP contribution is -2.49. The Bertz CT molecular complexity index is 2600. The number of likely N-dealkylation sites (tertiary alicyclic amines) is 1. The van der Waals surface area contributed by atoms with Gasteiger partial charge in [-0.15, -0.1) is 0 Å². The van der Waals surface area contributed by atoms with Crippen molar-refractivity contribution in [3.63, 3.8) is 0 Å². The summed E-state index contributed by atoms with van der Waals surface area (Å²) in [5.41, 5.74) is 7.41. The molecule has 2 fully saturated rings. The van der Waals surface area contributed by atoms with Gasteiger partial charge in [0, 0.05) is 54.8 Å². The number of carbonyl (C=O) groups excluding carboxylic acids is 6. The fourth-order valence-electron chi connectivity index (χ4n) is 8.42. The Balaban J connectivity index is 1.11. The SMILES string of the molecule is Cc1cc(C(=O)NC2CCN(C(=O)OC(C)(C)C)CC2)ccc1-c1ccc(CC(NC(=O)C2CCC(CNC(=O)OC(C)(C)C)CC2)C(=O)Nc2ccc(-c3n[nH]c(C(F)(F)C(F)(F)C(N)=O)n3)cc2)cc1. The van der Waals surface area contributed by atoms with Crippen LogP contribution in [0.5, 0.6) is 0 Å². The highest BCUT2D eigenvalue weighted by Gasteiger charge is 2.64. The standard InChI is InChI=1S/C51H63F4N9O8/c1-29-26-35(42(66)58-37-22-24-64(25-23-37)47(70)72-49(5,6)7)18-21-38(29)32-12-8-30(9-13-32)27-39(60-41(65)34-14-10-31(11-15-34)28-57-46(69)71-48(2,3)4)43(67)59-36-19-16-33(17-20-36)40-61-45(63-62-40)51(54,55)50(52,53)44(56)68/h8-9,12-13,16-21,26,31,34,37,39H,10-11,14-15,22-25,27-28H2,1-7H3,(H2,56,68)(H,57,69)(H,58,66)(H,59,67)(H,60,65)(H,61,62,63). The number of anilines is 1. The minimum absolute atomic E-state index is 0.0873. The molecule has 21 heteroatoms. The largest absolute Gasteiger partial charge is 0.444 e. The zero-order valence-electron chi connectivity index (χ0n) is 41.4. The number of hydrogen-bond donors (Lipinski definition) is 6. The summed E-state index contributed by atoms with van der Waals surface area (Å²) in [6.07, 6.45) is 2.79. The number of carbonyl (C=O) groups is 6. The molecule has 2 aliphatic rings. The smallest absolute Gasteiger partial charge is 0.410 e. The van der Waals surface area contributed by atoms with Crippen LogP contribution in [0, 0.1) is 18.8 Å². The van der Waals surface area contributed by atoms with Gasteiger partial charge in [0.15, 0.2) is 5.82 Å². The summed E-state index contributed by atoms with van der Waals surface area (Å²) in [5, 5.41) is 16.9. The van der Waals surface area contributed by atoms with Crippen molar-refractivity contribution in [2.24, 2.45) is 17.6 Å². The Labute approximate surface area is 415 Å². The molecule has 1 saturated carbocycles. The molecule has 0 radical (unpaired) electrons. The molecule has 0 bridgehead atoms. The van der Waals surface area contributed by atoms with Crippen molar-refractivity contribution < 1.29 is 55.8 Å². The predicted molar refractivity (Wildman–Crippen MR) is 259 cm³/mol. The van der Waals surface area contributed by atoms with E-state index in [1.165, 1.54) is 24.3 Å². The maximum atomic E-state index is 14.4. The van der Waals surface area contributed by atoms with E-state index in [-0.39, 0.29) is 47.5 Å². The van der Waals surface area contributed by atoms with Gasteiger partial charge in [-0.1, -0.05) is 30.3 Å². The Morgan fingerprint density at radius 2 is 1.42 bits per heavy atom. The van der Waals surface area contributed by atoms with Gasteiger partial charge in [-0.3, -0.25) is 24.3 Å². The Hall–Kier alpha value is -7.06. The number of rotatable bonds is 15. The first-order valence-electron chi connectivity index (χ1n) is 23.8. The van der Waals surface area contributed by atoms with Crippen LogP contribution in [0.25, 0.3) is 22.5 Å². The third-order valence-electron chi connectivity index (χ3n) is 12.4. The number of nitrogens with two attached hydrogens (primary N) is 1. The number of aromatic nitrogens is 3. The molecular formula is C51H63F4N9O8. The molecule has 17 nitrogen and oxygen atoms in total. The molecule has 3 aromatic carbocycles. The molecule has 72 heavy (non-hydrogen) atoms. The molecule has 388 valence electrons. The molecule has 1 aliphatic carbocycles. The first-order valence-corrected chi connectivity index (χ1v) is 23.8. The van der Waals surface area contributed by atoms with Gasteiger partial charge in [0.25, 0.3) is 11.8 Å². The third kappa shape index (κ3) is 14.1. The van der Waals surface area contributed by atoms with Crippen molar-refractivity contribution in [3.05, 3.63) is 89.2 Å². The number of halogens is 4. The van der Waals surface area contributed by atoms with Crippen LogP contribution in [0.4, 0.5) is 32.8 Å². The fourth-order valence-corrected chi connectivity index (χ4v) is 8.42. The highest BCUT2D eigenvalue weighted by molar-refractivity contribution is 5.98. The van der Waals surface area contributed by atoms with E-state index >= 15 is 0 Å². The number of primary amides is 1. The minimum atomic E-state index is -5.24. The zero-order valence-corrected chi connectivity index (χ0v) is 41.4. The predicted octanol–water partition coefficient (Wildman–Crippen LogP) is 7.79. The molecule has 7 N–H and O–H groups in total. The number of nitrogens with zero attached hydrogens (tertiary/aromatic N) is 3. The molecule has 1 atom stereocenters. The molecule has 1 saturated heterocycles. The summed E-state index contributed by atoms with van der Waals surface area (Å²) >= 11 is 0. The lowest BCUT2D eigenvalue weighted by Gasteiger charge is -2.33. The summed E-state index contributed by atoms with van der Waals surface area (Å²) < 4.78 is 67.5. The number of alkyl carbamates (subject to hydrolysis) is 1. The first-order chi connectivity index (χ1) is 33.7. The van der Waals surface area contributed by atoms with Crippen LogP contribution in [0.15, 0.2) is 66.7 Å². The molecule has 4 aromatic rings. The van der Waals surface area contributed by atoms with Crippen LogP contribution in [0.2, 0.25) is 0 Å². The second-order valence-corrected chi connectivity index (χ2v) is 20.4. The number of H-pyrrole nitrogens is 1. The van der Waals surface area contributed by atoms with Gasteiger partial charge in [0.2, 0.25) is 17.6 Å². The summed E-state index contributed by atoms with van der Waals surface area (Å²) in [6.45, 7) is 14.0. The van der Waals surface area contributed by atoms with Gasteiger partial charge in [-0.05, 0) is 152 Å². The highest BCUT2D eigenvalue weighted by atomic mass is 19.3. The van der Waals surface area contributed by atoms with Crippen molar-refractivity contribution in [2.75, 3.05) is 25.0 Å². The van der Waals surface area contributed by atoms with E-state index in [4.69, 9.17) is 9.47 Å². The van der Waals surface area contributed by atoms with Crippen molar-refractivity contribution in [2.45, 2.75) is 129 Å². The quantitative estimate of drug-likeness (QED) is 0.0632. The molecule has 0 spiro atoms. The number of aryl methyl sites for hydroxylation is 1. The summed E-state index contributed by atoms with van der Waals surface area (Å²) in [4.78, 5) is 82.0. The lowest BCUT2D eigenvalue weighted by molar-refractivity contribution is -0.215. The monoisotopic (exact) mass is 1010 g/mol. The number of benzene rings is 3. The maximum absolute atomic E-state index is 14.4. The molecule has 1 unspecified atom stereocenters. The van der Waals surface area contributed by atoms with Crippen LogP contribution >= 0.6 is 0 Å². The van der Waals surface area contributed by atoms with Gasteiger partial charge in [-0.25, -0.2) is 14.6 Å². The van der Waals surface area contributed by atoms with E-state index in [0.29, 0.717) is 63.7 Å². The van der Waals surface area contributed by atoms with E-state index in [2.05, 4.69) is 37.1 Å². The molecule has 6 amide bonds. The molecule has 6 rings (SSSR count). The van der Waals surface area contributed by atoms with Gasteiger partial charge in [-0.2, -0.15) is 22.7 Å². The van der Waals surface area contributed by atoms with Crippen molar-refractivity contribution in [1.82, 2.24) is 36.0 Å². The van der Waals surface area contributed by atoms with Crippen molar-refractivity contribution in [3.8, 4) is 22.5 Å². The molecular weight excluding hydrogens is 943 g/mol. The molecule has 1 aliphatic heterocycles. The summed E-state index contributed by atoms with van der Waals surface area (Å²) in [7, 11) is 0. The Morgan fingerprint density at radius 3 is 2.00 bits per heavy atom. The number of alkyl halides is 4. The maximum Gasteiger partial charge on any atom is 0.410 e. The van der Waals surface area contributed by atoms with Gasteiger partial charge >= 0.3 is 24.0 Å². The normalized spacial score (nSPS) is 17.3. The van der Waals surface area contributed by atoms with Crippen molar-refractivity contribution >= 4 is 41.5 Å². The van der Waals surface area contributed by atoms with E-state index in [1.54, 1.807) is 36.8 Å². The average molecular weight is 1010 g/mol. The number of hydrogen-bond acceptors (Lipinski definition) is 10. The Morgan fingerprint density at radius 1 is 0.806 bits per heavy atom. The number of ether oxygens (including phenoxy) is 2. The summed E-state index contributed by atoms with van der Waals surface area (Å²) in [6, 6.07) is 17.3. The zero-order chi connectivity index (χ0) is 52.8. The topological polar surface area (TPSA) is 240 Å². The number of nitrogens with one attached hydrogen (secondary N) is 5. The highest BCUT2D eigenvalue weighted by Crippen LogP contribution is 2.41. The van der Waals surface area contributed by atoms with Crippen LogP contribution in [0.1, 0.15) is 107 Å². The van der Waals surface area contributed by atoms with Gasteiger partial charge in [0.1, 0.15) is 17.2 Å². The van der Waals surface area contributed by atoms with Crippen LogP contribution in [0.3, 0.4) is 0 Å². The Kier molecular flexibility index (Phi) is 16.7. The molecule has 1 aromatic heterocycles. The van der Waals surface area contributed by atoms with Crippen LogP contribution in [-0.2, 0) is 36.2 Å². The van der Waals surface area contributed by atoms with Gasteiger partial charge in [0.05, 0.1) is 0 Å². The number of aromatic amines is 1. The van der Waals surface area contributed by atoms with Crippen LogP contribution in [-0.4, -0.2) is 105 Å². The number of amides is 6. The fraction of sp³-hybridized carbons (Fsp3) is 0.490. The third-order valence-corrected chi connectivity index (χ3v) is 12.4. The van der Waals surface area contributed by atoms with Crippen molar-refractivity contribution in [1.29, 1.82) is 0 Å². The summed E-state index contributed by atoms with van der Waals surface area (Å²) in [5.74, 6) is -16.2. The van der Waals surface area contributed by atoms with E-state index in [9.17, 15) is 46.3 Å². The van der Waals surface area contributed by atoms with Gasteiger partial charge < -0.3 is 41.4 Å². The van der Waals surface area contributed by atoms with Crippen LogP contribution < -0.4 is 27.0 Å². The average Bonchev–Trinajstić information content (AvgIpc) is 3.82. The second-order valence-electron chi connectivity index (χ2n) is 20.4. The minimum Gasteiger partial charge on any atom is -0.444 e. The second kappa shape index (κ2) is 22.1. The number of piperidine rings is 1. The first kappa shape index (κ1) is 54.3. The van der Waals surface area contributed by atoms with E-state index < -0.39 is 64.6 Å².